The largest absolute Gasteiger partial charge is 0.491 e. The number of rotatable bonds is 6. The number of nitrogens with zero attached hydrogens (tertiary/aromatic N) is 3. The summed E-state index contributed by atoms with van der Waals surface area (Å²) in [6.45, 7) is 4.79. The maximum Gasteiger partial charge on any atom is 0.262 e. The van der Waals surface area contributed by atoms with Gasteiger partial charge in [0.2, 0.25) is 0 Å². The topological polar surface area (TPSA) is 67.2 Å². The van der Waals surface area contributed by atoms with E-state index in [-0.39, 0.29) is 24.1 Å². The number of hydrogen-bond acceptors (Lipinski definition) is 6. The summed E-state index contributed by atoms with van der Waals surface area (Å²) in [5.41, 5.74) is 0.898. The van der Waals surface area contributed by atoms with Crippen LogP contribution in [0.1, 0.15) is 25.7 Å². The molecule has 1 aromatic heterocycles. The molecule has 3 aromatic rings. The molecule has 3 fully saturated rings. The first-order valence-corrected chi connectivity index (χ1v) is 12.9. The van der Waals surface area contributed by atoms with Gasteiger partial charge < -0.3 is 19.5 Å². The minimum absolute atomic E-state index is 0.212. The van der Waals surface area contributed by atoms with Crippen molar-refractivity contribution in [2.75, 3.05) is 44.3 Å². The molecule has 0 saturated carbocycles. The van der Waals surface area contributed by atoms with E-state index >= 15 is 4.39 Å². The summed E-state index contributed by atoms with van der Waals surface area (Å²) in [5, 5.41) is 11.2. The molecule has 0 amide bonds. The maximum atomic E-state index is 15.2. The Labute approximate surface area is 209 Å². The number of benzene rings is 2. The fourth-order valence-electron chi connectivity index (χ4n) is 5.76. The van der Waals surface area contributed by atoms with Crippen LogP contribution in [0.2, 0.25) is 0 Å². The number of pyridine rings is 1. The van der Waals surface area contributed by atoms with Crippen LogP contribution in [0.3, 0.4) is 0 Å². The summed E-state index contributed by atoms with van der Waals surface area (Å²) in [6.07, 6.45) is 5.02. The number of aliphatic hydroxyl groups is 1. The first-order chi connectivity index (χ1) is 17.6. The maximum absolute atomic E-state index is 15.2. The molecule has 0 radical (unpaired) electrons. The Balaban J connectivity index is 1.19. The lowest BCUT2D eigenvalue weighted by Gasteiger charge is -2.25. The van der Waals surface area contributed by atoms with E-state index in [4.69, 9.17) is 9.47 Å². The summed E-state index contributed by atoms with van der Waals surface area (Å²) in [6, 6.07) is 12.7. The van der Waals surface area contributed by atoms with Gasteiger partial charge >= 0.3 is 0 Å². The van der Waals surface area contributed by atoms with Gasteiger partial charge in [-0.15, -0.1) is 0 Å². The highest BCUT2D eigenvalue weighted by Gasteiger charge is 2.30. The van der Waals surface area contributed by atoms with Crippen LogP contribution in [-0.2, 0) is 4.74 Å². The third kappa shape index (κ3) is 4.49. The van der Waals surface area contributed by atoms with Crippen LogP contribution in [0.25, 0.3) is 16.5 Å². The van der Waals surface area contributed by atoms with Gasteiger partial charge in [-0.05, 0) is 80.6 Å². The number of halogens is 1. The van der Waals surface area contributed by atoms with Crippen molar-refractivity contribution in [3.63, 3.8) is 0 Å². The summed E-state index contributed by atoms with van der Waals surface area (Å²) in [4.78, 5) is 17.9. The number of hydrogen-bond donors (Lipinski definition) is 1. The van der Waals surface area contributed by atoms with E-state index in [2.05, 4.69) is 9.80 Å². The first kappa shape index (κ1) is 23.5. The van der Waals surface area contributed by atoms with E-state index in [1.807, 2.05) is 12.1 Å². The predicted molar refractivity (Wildman–Crippen MR) is 137 cm³/mol. The van der Waals surface area contributed by atoms with E-state index in [0.717, 1.165) is 38.0 Å². The molecule has 0 bridgehead atoms. The molecule has 190 valence electrons. The van der Waals surface area contributed by atoms with Crippen molar-refractivity contribution in [3.8, 4) is 11.4 Å². The fourth-order valence-corrected chi connectivity index (χ4v) is 5.76. The second-order valence-electron chi connectivity index (χ2n) is 10.1. The van der Waals surface area contributed by atoms with Crippen molar-refractivity contribution in [1.82, 2.24) is 9.47 Å². The van der Waals surface area contributed by atoms with E-state index in [1.54, 1.807) is 30.5 Å². The van der Waals surface area contributed by atoms with Gasteiger partial charge in [0.1, 0.15) is 24.3 Å². The monoisotopic (exact) mass is 493 g/mol. The number of likely N-dealkylation sites (tertiary alicyclic amines) is 1. The average Bonchev–Trinajstić information content (AvgIpc) is 3.65. The second kappa shape index (κ2) is 9.84. The van der Waals surface area contributed by atoms with E-state index in [0.29, 0.717) is 41.6 Å². The molecule has 8 heteroatoms. The molecular weight excluding hydrogens is 461 g/mol. The summed E-state index contributed by atoms with van der Waals surface area (Å²) in [5.74, 6) is 0.303. The lowest BCUT2D eigenvalue weighted by Crippen LogP contribution is -2.35. The Morgan fingerprint density at radius 3 is 2.69 bits per heavy atom. The van der Waals surface area contributed by atoms with Gasteiger partial charge in [0.15, 0.2) is 0 Å². The van der Waals surface area contributed by atoms with Gasteiger partial charge in [-0.3, -0.25) is 14.3 Å². The Hall–Kier alpha value is -2.94. The molecule has 4 heterocycles. The highest BCUT2D eigenvalue weighted by molar-refractivity contribution is 5.83. The molecule has 3 saturated heterocycles. The van der Waals surface area contributed by atoms with Gasteiger partial charge in [0.25, 0.3) is 5.56 Å². The van der Waals surface area contributed by atoms with Crippen LogP contribution < -0.4 is 15.2 Å². The van der Waals surface area contributed by atoms with Crippen molar-refractivity contribution < 1.29 is 19.0 Å². The standard InChI is InChI=1S/C28H32FN3O4/c29-24-16-20(3-6-25(24)31-12-8-21(17-31)30-10-1-2-11-30)32-13-7-19-15-22(4-5-23(19)28(32)34)36-18-27-26(33)9-14-35-27/h3-7,13,15-16,21,26-27,33H,1-2,8-12,14,17-18H2/t21-,26+,27-/m1/s1. The Morgan fingerprint density at radius 2 is 1.92 bits per heavy atom. The highest BCUT2D eigenvalue weighted by Crippen LogP contribution is 2.29. The van der Waals surface area contributed by atoms with Crippen molar-refractivity contribution in [1.29, 1.82) is 0 Å². The number of ether oxygens (including phenoxy) is 2. The second-order valence-corrected chi connectivity index (χ2v) is 10.1. The predicted octanol–water partition coefficient (Wildman–Crippen LogP) is 3.33. The molecule has 0 unspecified atom stereocenters. The van der Waals surface area contributed by atoms with E-state index in [1.165, 1.54) is 23.5 Å². The molecule has 3 aliphatic heterocycles. The van der Waals surface area contributed by atoms with Gasteiger partial charge in [0.05, 0.1) is 17.5 Å². The summed E-state index contributed by atoms with van der Waals surface area (Å²) < 4.78 is 28.0. The number of aliphatic hydroxyl groups excluding tert-OH is 1. The first-order valence-electron chi connectivity index (χ1n) is 12.9. The zero-order valence-electron chi connectivity index (χ0n) is 20.3. The number of aromatic nitrogens is 1. The van der Waals surface area contributed by atoms with Gasteiger partial charge in [-0.1, -0.05) is 0 Å². The van der Waals surface area contributed by atoms with Crippen LogP contribution in [0.4, 0.5) is 10.1 Å². The SMILES string of the molecule is O=c1c2ccc(OC[C@H]3OCC[C@@H]3O)cc2ccn1-c1ccc(N2CC[C@@H](N3CCCC3)C2)c(F)c1. The third-order valence-corrected chi connectivity index (χ3v) is 7.83. The highest BCUT2D eigenvalue weighted by atomic mass is 19.1. The van der Waals surface area contributed by atoms with Crippen molar-refractivity contribution in [2.24, 2.45) is 0 Å². The minimum Gasteiger partial charge on any atom is -0.491 e. The van der Waals surface area contributed by atoms with Crippen LogP contribution >= 0.6 is 0 Å². The lowest BCUT2D eigenvalue weighted by atomic mass is 10.1. The van der Waals surface area contributed by atoms with Gasteiger partial charge in [-0.2, -0.15) is 0 Å². The van der Waals surface area contributed by atoms with Crippen LogP contribution in [0.15, 0.2) is 53.5 Å². The average molecular weight is 494 g/mol. The Morgan fingerprint density at radius 1 is 1.06 bits per heavy atom. The fraction of sp³-hybridized carbons (Fsp3) is 0.464. The number of anilines is 1. The van der Waals surface area contributed by atoms with Crippen molar-refractivity contribution in [2.45, 2.75) is 43.9 Å². The van der Waals surface area contributed by atoms with Crippen molar-refractivity contribution >= 4 is 16.5 Å². The normalized spacial score (nSPS) is 24.7. The minimum atomic E-state index is -0.513. The third-order valence-electron chi connectivity index (χ3n) is 7.83. The molecule has 6 rings (SSSR count). The molecular formula is C28H32FN3O4. The summed E-state index contributed by atoms with van der Waals surface area (Å²) in [7, 11) is 0. The Bertz CT molecular complexity index is 1310. The molecule has 7 nitrogen and oxygen atoms in total. The molecule has 0 aliphatic carbocycles. The Kier molecular flexibility index (Phi) is 6.41. The van der Waals surface area contributed by atoms with Gasteiger partial charge in [-0.25, -0.2) is 4.39 Å². The molecule has 1 N–H and O–H groups in total. The lowest BCUT2D eigenvalue weighted by molar-refractivity contribution is 0.0110. The van der Waals surface area contributed by atoms with Crippen LogP contribution in [0.5, 0.6) is 5.75 Å². The molecule has 3 atom stereocenters. The summed E-state index contributed by atoms with van der Waals surface area (Å²) >= 11 is 0. The molecule has 3 aliphatic rings. The zero-order valence-corrected chi connectivity index (χ0v) is 20.3. The van der Waals surface area contributed by atoms with Crippen LogP contribution in [-0.4, -0.2) is 72.2 Å². The quantitative estimate of drug-likeness (QED) is 0.568. The van der Waals surface area contributed by atoms with Crippen LogP contribution in [0, 0.1) is 5.82 Å². The molecule has 0 spiro atoms. The smallest absolute Gasteiger partial charge is 0.262 e. The number of fused-ring (bicyclic) bond motifs is 1. The van der Waals surface area contributed by atoms with E-state index in [9.17, 15) is 9.90 Å². The van der Waals surface area contributed by atoms with E-state index < -0.39 is 6.10 Å². The van der Waals surface area contributed by atoms with Crippen molar-refractivity contribution in [3.05, 3.63) is 64.8 Å². The molecule has 2 aromatic carbocycles. The van der Waals surface area contributed by atoms with Gasteiger partial charge in [0, 0.05) is 43.4 Å². The zero-order chi connectivity index (χ0) is 24.6. The molecule has 36 heavy (non-hydrogen) atoms.